The van der Waals surface area contributed by atoms with E-state index in [0.717, 1.165) is 35.9 Å². The summed E-state index contributed by atoms with van der Waals surface area (Å²) in [5, 5.41) is 5.78. The first-order valence-electron chi connectivity index (χ1n) is 12.9. The smallest absolute Gasteiger partial charge is 0.293 e. The van der Waals surface area contributed by atoms with Gasteiger partial charge in [0.05, 0.1) is 30.0 Å². The number of nitrogens with zero attached hydrogens (tertiary/aromatic N) is 2. The molecule has 36 heavy (non-hydrogen) atoms. The maximum atomic E-state index is 9.60. The molecule has 200 valence electrons. The first-order valence-corrected chi connectivity index (χ1v) is 12.9. The second kappa shape index (κ2) is 15.3. The standard InChI is InChI=1S/C23H30N2O2.C5H10O2.C2H6/c1-5-21(18-10-7-6-8-11-18)25-22-13-12-20(16-19(22)17-24-25)27-15-9-14-23(2,3)26-4;1-5(2,3)7-4-6;1-2/h6-8,10-13,16-17,21H,5,9,14-15H2,1-4H3;4H,1-3H3;1-2H3. The van der Waals surface area contributed by atoms with Gasteiger partial charge >= 0.3 is 0 Å². The van der Waals surface area contributed by atoms with E-state index in [1.54, 1.807) is 7.11 Å². The lowest BCUT2D eigenvalue weighted by Gasteiger charge is -2.22. The van der Waals surface area contributed by atoms with E-state index in [2.05, 4.69) is 77.8 Å². The maximum absolute atomic E-state index is 9.60. The predicted molar refractivity (Wildman–Crippen MR) is 149 cm³/mol. The van der Waals surface area contributed by atoms with E-state index < -0.39 is 0 Å². The molecule has 3 aromatic rings. The summed E-state index contributed by atoms with van der Waals surface area (Å²) in [6.45, 7) is 17.0. The minimum atomic E-state index is -0.318. The number of methoxy groups -OCH3 is 1. The second-order valence-corrected chi connectivity index (χ2v) is 9.89. The Morgan fingerprint density at radius 2 is 1.69 bits per heavy atom. The van der Waals surface area contributed by atoms with Crippen molar-refractivity contribution in [2.45, 2.75) is 91.9 Å². The van der Waals surface area contributed by atoms with Crippen LogP contribution in [0, 0.1) is 0 Å². The van der Waals surface area contributed by atoms with Gasteiger partial charge in [0, 0.05) is 12.5 Å². The summed E-state index contributed by atoms with van der Waals surface area (Å²) < 4.78 is 18.1. The summed E-state index contributed by atoms with van der Waals surface area (Å²) in [5.41, 5.74) is 2.01. The van der Waals surface area contributed by atoms with Gasteiger partial charge in [-0.15, -0.1) is 0 Å². The molecule has 0 fully saturated rings. The molecule has 0 aliphatic heterocycles. The molecule has 0 saturated carbocycles. The molecule has 1 unspecified atom stereocenters. The Hall–Kier alpha value is -2.86. The molecule has 0 N–H and O–H groups in total. The van der Waals surface area contributed by atoms with Crippen LogP contribution in [0.2, 0.25) is 0 Å². The molecule has 0 bridgehead atoms. The fourth-order valence-corrected chi connectivity index (χ4v) is 3.53. The average Bonchev–Trinajstić information content (AvgIpc) is 3.27. The molecular weight excluding hydrogens is 452 g/mol. The van der Waals surface area contributed by atoms with Crippen LogP contribution in [0.4, 0.5) is 0 Å². The van der Waals surface area contributed by atoms with E-state index in [4.69, 9.17) is 9.47 Å². The van der Waals surface area contributed by atoms with E-state index in [0.29, 0.717) is 13.1 Å². The average molecular weight is 499 g/mol. The van der Waals surface area contributed by atoms with Gasteiger partial charge in [-0.2, -0.15) is 5.10 Å². The minimum absolute atomic E-state index is 0.0962. The van der Waals surface area contributed by atoms with Crippen molar-refractivity contribution >= 4 is 17.4 Å². The van der Waals surface area contributed by atoms with E-state index in [-0.39, 0.29) is 17.2 Å². The second-order valence-electron chi connectivity index (χ2n) is 9.89. The van der Waals surface area contributed by atoms with E-state index >= 15 is 0 Å². The van der Waals surface area contributed by atoms with Crippen LogP contribution in [0.3, 0.4) is 0 Å². The van der Waals surface area contributed by atoms with Crippen molar-refractivity contribution in [3.05, 3.63) is 60.3 Å². The van der Waals surface area contributed by atoms with Gasteiger partial charge in [-0.3, -0.25) is 9.48 Å². The molecule has 0 spiro atoms. The van der Waals surface area contributed by atoms with Crippen LogP contribution in [0.15, 0.2) is 54.7 Å². The number of ether oxygens (including phenoxy) is 3. The zero-order valence-corrected chi connectivity index (χ0v) is 23.7. The summed E-state index contributed by atoms with van der Waals surface area (Å²) >= 11 is 0. The number of fused-ring (bicyclic) bond motifs is 1. The van der Waals surface area contributed by atoms with E-state index in [9.17, 15) is 4.79 Å². The van der Waals surface area contributed by atoms with Crippen LogP contribution in [-0.4, -0.2) is 41.2 Å². The number of carbonyl (C=O) groups excluding carboxylic acids is 1. The van der Waals surface area contributed by atoms with Crippen LogP contribution in [0.25, 0.3) is 10.9 Å². The molecule has 6 heteroatoms. The minimum Gasteiger partial charge on any atom is -0.494 e. The van der Waals surface area contributed by atoms with Gasteiger partial charge in [-0.05, 0) is 77.6 Å². The fourth-order valence-electron chi connectivity index (χ4n) is 3.53. The number of carbonyl (C=O) groups is 1. The lowest BCUT2D eigenvalue weighted by atomic mass is 10.0. The van der Waals surface area contributed by atoms with Crippen molar-refractivity contribution in [2.75, 3.05) is 13.7 Å². The third-order valence-corrected chi connectivity index (χ3v) is 5.58. The first kappa shape index (κ1) is 31.2. The van der Waals surface area contributed by atoms with Gasteiger partial charge in [-0.1, -0.05) is 51.1 Å². The van der Waals surface area contributed by atoms with Crippen molar-refractivity contribution in [1.82, 2.24) is 9.78 Å². The number of aromatic nitrogens is 2. The third-order valence-electron chi connectivity index (χ3n) is 5.58. The van der Waals surface area contributed by atoms with Gasteiger partial charge in [0.25, 0.3) is 6.47 Å². The molecule has 0 amide bonds. The van der Waals surface area contributed by atoms with Crippen molar-refractivity contribution in [3.63, 3.8) is 0 Å². The monoisotopic (exact) mass is 498 g/mol. The molecule has 0 saturated heterocycles. The van der Waals surface area contributed by atoms with Crippen molar-refractivity contribution < 1.29 is 19.0 Å². The molecule has 3 rings (SSSR count). The Balaban J connectivity index is 0.000000623. The topological polar surface area (TPSA) is 62.6 Å². The van der Waals surface area contributed by atoms with Crippen LogP contribution in [-0.2, 0) is 14.3 Å². The predicted octanol–water partition coefficient (Wildman–Crippen LogP) is 7.60. The molecular formula is C30H46N2O4. The Morgan fingerprint density at radius 3 is 2.22 bits per heavy atom. The summed E-state index contributed by atoms with van der Waals surface area (Å²) in [7, 11) is 1.76. The van der Waals surface area contributed by atoms with Gasteiger partial charge < -0.3 is 14.2 Å². The molecule has 2 aromatic carbocycles. The van der Waals surface area contributed by atoms with Gasteiger partial charge in [-0.25, -0.2) is 0 Å². The molecule has 1 aromatic heterocycles. The molecule has 6 nitrogen and oxygen atoms in total. The Morgan fingerprint density at radius 1 is 1.03 bits per heavy atom. The highest BCUT2D eigenvalue weighted by atomic mass is 16.5. The van der Waals surface area contributed by atoms with E-state index in [1.807, 2.05) is 46.9 Å². The summed E-state index contributed by atoms with van der Waals surface area (Å²) in [4.78, 5) is 9.60. The molecule has 0 radical (unpaired) electrons. The summed E-state index contributed by atoms with van der Waals surface area (Å²) in [6, 6.07) is 17.0. The van der Waals surface area contributed by atoms with Crippen LogP contribution in [0.5, 0.6) is 5.75 Å². The van der Waals surface area contributed by atoms with Gasteiger partial charge in [0.15, 0.2) is 0 Å². The van der Waals surface area contributed by atoms with E-state index in [1.165, 1.54) is 5.56 Å². The van der Waals surface area contributed by atoms with Crippen molar-refractivity contribution in [2.24, 2.45) is 0 Å². The molecule has 0 aliphatic rings. The number of benzene rings is 2. The highest BCUT2D eigenvalue weighted by Crippen LogP contribution is 2.28. The fraction of sp³-hybridized carbons (Fsp3) is 0.533. The summed E-state index contributed by atoms with van der Waals surface area (Å²) in [5.74, 6) is 0.894. The quantitative estimate of drug-likeness (QED) is 0.213. The number of hydrogen-bond donors (Lipinski definition) is 0. The lowest BCUT2D eigenvalue weighted by Crippen LogP contribution is -2.22. The van der Waals surface area contributed by atoms with Gasteiger partial charge in [0.1, 0.15) is 11.4 Å². The highest BCUT2D eigenvalue weighted by Gasteiger charge is 2.17. The van der Waals surface area contributed by atoms with Crippen molar-refractivity contribution in [1.29, 1.82) is 0 Å². The lowest BCUT2D eigenvalue weighted by molar-refractivity contribution is -0.138. The third kappa shape index (κ3) is 10.4. The SMILES string of the molecule is CC.CC(C)(C)OC=O.CCC(c1ccccc1)n1ncc2cc(OCCCC(C)(C)OC)ccc21. The largest absolute Gasteiger partial charge is 0.494 e. The number of rotatable bonds is 10. The van der Waals surface area contributed by atoms with Crippen LogP contribution < -0.4 is 4.74 Å². The van der Waals surface area contributed by atoms with Crippen LogP contribution in [0.1, 0.15) is 86.3 Å². The Kier molecular flexibility index (Phi) is 13.2. The maximum Gasteiger partial charge on any atom is 0.293 e. The molecule has 0 aliphatic carbocycles. The Bertz CT molecular complexity index is 1010. The molecule has 1 atom stereocenters. The number of hydrogen-bond acceptors (Lipinski definition) is 5. The normalized spacial score (nSPS) is 12.0. The van der Waals surface area contributed by atoms with Gasteiger partial charge in [0.2, 0.25) is 0 Å². The zero-order chi connectivity index (χ0) is 27.2. The Labute approximate surface area is 217 Å². The zero-order valence-electron chi connectivity index (χ0n) is 23.7. The highest BCUT2D eigenvalue weighted by molar-refractivity contribution is 5.80. The van der Waals surface area contributed by atoms with Crippen LogP contribution >= 0.6 is 0 Å². The molecule has 1 heterocycles. The first-order chi connectivity index (χ1) is 17.1. The van der Waals surface area contributed by atoms with Crippen molar-refractivity contribution in [3.8, 4) is 5.75 Å². The summed E-state index contributed by atoms with van der Waals surface area (Å²) in [6.07, 6.45) is 4.86.